The van der Waals surface area contributed by atoms with Gasteiger partial charge in [0.15, 0.2) is 12.6 Å². The van der Waals surface area contributed by atoms with Crippen molar-refractivity contribution in [3.8, 4) is 0 Å². The summed E-state index contributed by atoms with van der Waals surface area (Å²) >= 11 is 0. The van der Waals surface area contributed by atoms with Crippen LogP contribution < -0.4 is 0 Å². The highest BCUT2D eigenvalue weighted by Gasteiger charge is 2.59. The molecule has 0 amide bonds. The quantitative estimate of drug-likeness (QED) is 0.678. The summed E-state index contributed by atoms with van der Waals surface area (Å²) < 4.78 is 21.3. The fourth-order valence-corrected chi connectivity index (χ4v) is 2.58. The fourth-order valence-electron chi connectivity index (χ4n) is 2.58. The van der Waals surface area contributed by atoms with Gasteiger partial charge in [0.1, 0.15) is 18.3 Å². The van der Waals surface area contributed by atoms with Crippen molar-refractivity contribution in [2.24, 2.45) is 0 Å². The van der Waals surface area contributed by atoms with Crippen LogP contribution >= 0.6 is 0 Å². The van der Waals surface area contributed by atoms with E-state index in [2.05, 4.69) is 0 Å². The Kier molecular flexibility index (Phi) is 3.98. The molecule has 0 saturated carbocycles. The van der Waals surface area contributed by atoms with Gasteiger partial charge in [-0.25, -0.2) is 0 Å². The minimum atomic E-state index is -2.06. The highest BCUT2D eigenvalue weighted by molar-refractivity contribution is 5.17. The van der Waals surface area contributed by atoms with E-state index < -0.39 is 36.7 Å². The van der Waals surface area contributed by atoms with E-state index in [1.165, 1.54) is 7.11 Å². The second-order valence-electron chi connectivity index (χ2n) is 5.11. The molecule has 0 bridgehead atoms. The molecular formula is C14H18O7. The van der Waals surface area contributed by atoms with Crippen LogP contribution in [0.5, 0.6) is 0 Å². The minimum Gasteiger partial charge on any atom is -0.385 e. The second kappa shape index (κ2) is 5.62. The Balaban J connectivity index is 1.83. The first-order chi connectivity index (χ1) is 10.1. The summed E-state index contributed by atoms with van der Waals surface area (Å²) in [5, 5.41) is 30.7. The van der Waals surface area contributed by atoms with Crippen molar-refractivity contribution in [2.75, 3.05) is 13.7 Å². The number of fused-ring (bicyclic) bond motifs is 1. The predicted octanol–water partition coefficient (Wildman–Crippen LogP) is -0.486. The number of hydrogen-bond acceptors (Lipinski definition) is 7. The van der Waals surface area contributed by atoms with Crippen molar-refractivity contribution in [3.05, 3.63) is 35.9 Å². The van der Waals surface area contributed by atoms with Gasteiger partial charge >= 0.3 is 0 Å². The number of ether oxygens (including phenoxy) is 4. The van der Waals surface area contributed by atoms with Gasteiger partial charge in [-0.05, 0) is 0 Å². The summed E-state index contributed by atoms with van der Waals surface area (Å²) in [5.41, 5.74) is 0.694. The average molecular weight is 298 g/mol. The number of aliphatic hydroxyl groups excluding tert-OH is 2. The second-order valence-corrected chi connectivity index (χ2v) is 5.11. The van der Waals surface area contributed by atoms with E-state index in [1.807, 2.05) is 18.2 Å². The lowest BCUT2D eigenvalue weighted by Gasteiger charge is -2.50. The lowest BCUT2D eigenvalue weighted by Crippen LogP contribution is -2.70. The molecule has 7 heteroatoms. The van der Waals surface area contributed by atoms with Crippen LogP contribution in [0.25, 0.3) is 0 Å². The van der Waals surface area contributed by atoms with Crippen LogP contribution in [0.1, 0.15) is 11.9 Å². The fraction of sp³-hybridized carbons (Fsp3) is 0.571. The summed E-state index contributed by atoms with van der Waals surface area (Å²) in [6, 6.07) is 9.01. The van der Waals surface area contributed by atoms with Crippen molar-refractivity contribution in [2.45, 2.75) is 36.7 Å². The van der Waals surface area contributed by atoms with Gasteiger partial charge in [-0.15, -0.1) is 0 Å². The first-order valence-corrected chi connectivity index (χ1v) is 6.67. The Morgan fingerprint density at radius 1 is 1.24 bits per heavy atom. The number of rotatable bonds is 2. The Bertz CT molecular complexity index is 477. The van der Waals surface area contributed by atoms with Crippen LogP contribution in [-0.4, -0.2) is 59.4 Å². The van der Waals surface area contributed by atoms with E-state index in [4.69, 9.17) is 18.9 Å². The van der Waals surface area contributed by atoms with Gasteiger partial charge in [0, 0.05) is 12.7 Å². The van der Waals surface area contributed by atoms with Crippen molar-refractivity contribution >= 4 is 0 Å². The molecule has 1 aromatic rings. The summed E-state index contributed by atoms with van der Waals surface area (Å²) in [5.74, 6) is -2.06. The summed E-state index contributed by atoms with van der Waals surface area (Å²) in [4.78, 5) is 0. The van der Waals surface area contributed by atoms with Gasteiger partial charge in [-0.2, -0.15) is 0 Å². The lowest BCUT2D eigenvalue weighted by atomic mass is 9.94. The zero-order valence-electron chi connectivity index (χ0n) is 11.5. The van der Waals surface area contributed by atoms with Gasteiger partial charge in [0.05, 0.1) is 6.61 Å². The molecule has 1 unspecified atom stereocenters. The monoisotopic (exact) mass is 298 g/mol. The van der Waals surface area contributed by atoms with E-state index >= 15 is 0 Å². The largest absolute Gasteiger partial charge is 0.385 e. The third kappa shape index (κ3) is 2.47. The Labute approximate surface area is 121 Å². The molecule has 0 aromatic heterocycles. The summed E-state index contributed by atoms with van der Waals surface area (Å²) in [7, 11) is 1.34. The molecule has 21 heavy (non-hydrogen) atoms. The van der Waals surface area contributed by atoms with Crippen LogP contribution in [0, 0.1) is 0 Å². The van der Waals surface area contributed by atoms with Gasteiger partial charge in [0.25, 0.3) is 0 Å². The van der Waals surface area contributed by atoms with E-state index in [0.29, 0.717) is 5.56 Å². The molecule has 116 valence electrons. The van der Waals surface area contributed by atoms with Gasteiger partial charge in [-0.3, -0.25) is 0 Å². The Hall–Kier alpha value is -1.06. The molecule has 2 aliphatic heterocycles. The van der Waals surface area contributed by atoms with Gasteiger partial charge in [0.2, 0.25) is 5.79 Å². The molecule has 2 fully saturated rings. The number of hydrogen-bond donors (Lipinski definition) is 3. The molecule has 2 saturated heterocycles. The molecule has 2 aliphatic rings. The molecule has 2 heterocycles. The van der Waals surface area contributed by atoms with Crippen molar-refractivity contribution in [1.82, 2.24) is 0 Å². The van der Waals surface area contributed by atoms with Crippen molar-refractivity contribution in [3.63, 3.8) is 0 Å². The van der Waals surface area contributed by atoms with E-state index in [9.17, 15) is 15.3 Å². The SMILES string of the molecule is CO[C@H]1O[C@@H]2COC(c3ccccc3)O[C@]2(O)[C@H](O)[C@H]1O. The molecule has 3 N–H and O–H groups in total. The highest BCUT2D eigenvalue weighted by atomic mass is 16.8. The van der Waals surface area contributed by atoms with Crippen LogP contribution in [0.2, 0.25) is 0 Å². The Morgan fingerprint density at radius 3 is 2.62 bits per heavy atom. The predicted molar refractivity (Wildman–Crippen MR) is 68.9 cm³/mol. The summed E-state index contributed by atoms with van der Waals surface area (Å²) in [6.45, 7) is -0.000297. The molecule has 0 radical (unpaired) electrons. The van der Waals surface area contributed by atoms with Crippen LogP contribution in [0.15, 0.2) is 30.3 Å². The third-order valence-corrected chi connectivity index (χ3v) is 3.78. The van der Waals surface area contributed by atoms with Gasteiger partial charge < -0.3 is 34.3 Å². The minimum absolute atomic E-state index is 0.000297. The Morgan fingerprint density at radius 2 is 1.95 bits per heavy atom. The zero-order valence-corrected chi connectivity index (χ0v) is 11.5. The normalized spacial score (nSPS) is 43.3. The molecule has 6 atom stereocenters. The summed E-state index contributed by atoms with van der Waals surface area (Å²) in [6.07, 6.45) is -5.86. The number of methoxy groups -OCH3 is 1. The number of benzene rings is 1. The first kappa shape index (κ1) is 14.9. The maximum absolute atomic E-state index is 10.6. The van der Waals surface area contributed by atoms with Crippen LogP contribution in [0.4, 0.5) is 0 Å². The smallest absolute Gasteiger partial charge is 0.227 e. The third-order valence-electron chi connectivity index (χ3n) is 3.78. The molecule has 7 nitrogen and oxygen atoms in total. The molecule has 0 aliphatic carbocycles. The van der Waals surface area contributed by atoms with E-state index in [1.54, 1.807) is 12.1 Å². The standard InChI is InChI=1S/C14H18O7/c1-18-13-10(15)11(16)14(17)9(20-13)7-19-12(21-14)8-5-3-2-4-6-8/h2-6,9-13,15-17H,7H2,1H3/t9-,10-,11-,12?,13+,14+/m1/s1. The zero-order chi connectivity index (χ0) is 15.0. The van der Waals surface area contributed by atoms with Crippen molar-refractivity contribution in [1.29, 1.82) is 0 Å². The van der Waals surface area contributed by atoms with Gasteiger partial charge in [-0.1, -0.05) is 30.3 Å². The van der Waals surface area contributed by atoms with Crippen LogP contribution in [-0.2, 0) is 18.9 Å². The van der Waals surface area contributed by atoms with E-state index in [0.717, 1.165) is 0 Å². The lowest BCUT2D eigenvalue weighted by molar-refractivity contribution is -0.452. The molecule has 0 spiro atoms. The van der Waals surface area contributed by atoms with Crippen LogP contribution in [0.3, 0.4) is 0 Å². The van der Waals surface area contributed by atoms with E-state index in [-0.39, 0.29) is 6.61 Å². The maximum Gasteiger partial charge on any atom is 0.227 e. The topological polar surface area (TPSA) is 97.6 Å². The highest BCUT2D eigenvalue weighted by Crippen LogP contribution is 2.39. The maximum atomic E-state index is 10.6. The van der Waals surface area contributed by atoms with Crippen molar-refractivity contribution < 1.29 is 34.3 Å². The molecule has 3 rings (SSSR count). The molecule has 1 aromatic carbocycles. The molecular weight excluding hydrogens is 280 g/mol. The number of aliphatic hydroxyl groups is 3. The first-order valence-electron chi connectivity index (χ1n) is 6.67. The average Bonchev–Trinajstić information content (AvgIpc) is 2.52.